The van der Waals surface area contributed by atoms with Gasteiger partial charge in [0, 0.05) is 18.2 Å². The first kappa shape index (κ1) is 13.4. The van der Waals surface area contributed by atoms with Gasteiger partial charge in [-0.15, -0.1) is 0 Å². The van der Waals surface area contributed by atoms with Crippen LogP contribution in [0.15, 0.2) is 18.2 Å². The Morgan fingerprint density at radius 3 is 2.33 bits per heavy atom. The van der Waals surface area contributed by atoms with E-state index in [9.17, 15) is 8.78 Å². The smallest absolute Gasteiger partial charge is 0.130 e. The molecule has 100 valence electrons. The summed E-state index contributed by atoms with van der Waals surface area (Å²) in [5, 5.41) is 0. The van der Waals surface area contributed by atoms with Crippen LogP contribution in [0.3, 0.4) is 0 Å². The lowest BCUT2D eigenvalue weighted by atomic mass is 10.0. The van der Waals surface area contributed by atoms with E-state index in [4.69, 9.17) is 5.73 Å². The number of nitrogens with two attached hydrogens (primary N) is 1. The van der Waals surface area contributed by atoms with E-state index in [0.29, 0.717) is 6.04 Å². The van der Waals surface area contributed by atoms with Crippen LogP contribution >= 0.6 is 0 Å². The Labute approximate surface area is 107 Å². The molecule has 0 aromatic heterocycles. The molecule has 0 saturated heterocycles. The highest BCUT2D eigenvalue weighted by Gasteiger charge is 2.29. The van der Waals surface area contributed by atoms with Crippen LogP contribution in [-0.4, -0.2) is 24.5 Å². The molecule has 1 atom stereocenters. The van der Waals surface area contributed by atoms with Gasteiger partial charge in [0.05, 0.1) is 6.04 Å². The molecule has 0 spiro atoms. The van der Waals surface area contributed by atoms with Crippen molar-refractivity contribution in [3.8, 4) is 0 Å². The highest BCUT2D eigenvalue weighted by molar-refractivity contribution is 5.24. The summed E-state index contributed by atoms with van der Waals surface area (Å²) in [6, 6.07) is 3.98. The van der Waals surface area contributed by atoms with E-state index in [1.165, 1.54) is 31.0 Å². The summed E-state index contributed by atoms with van der Waals surface area (Å²) in [6.45, 7) is 0.227. The first-order valence-electron chi connectivity index (χ1n) is 6.51. The molecular formula is C14H20F2N2. The zero-order valence-electron chi connectivity index (χ0n) is 10.7. The number of rotatable bonds is 4. The van der Waals surface area contributed by atoms with Gasteiger partial charge in [0.1, 0.15) is 11.6 Å². The maximum absolute atomic E-state index is 13.8. The number of likely N-dealkylation sites (N-methyl/N-ethyl adjacent to an activating group) is 1. The third-order valence-corrected chi connectivity index (χ3v) is 3.95. The second-order valence-electron chi connectivity index (χ2n) is 4.99. The molecule has 1 aromatic rings. The Morgan fingerprint density at radius 1 is 1.28 bits per heavy atom. The van der Waals surface area contributed by atoms with Crippen molar-refractivity contribution in [2.75, 3.05) is 13.6 Å². The zero-order chi connectivity index (χ0) is 13.1. The Hall–Kier alpha value is -1.00. The fraction of sp³-hybridized carbons (Fsp3) is 0.571. The van der Waals surface area contributed by atoms with E-state index >= 15 is 0 Å². The molecule has 1 aliphatic carbocycles. The van der Waals surface area contributed by atoms with Crippen LogP contribution in [-0.2, 0) is 0 Å². The molecule has 0 bridgehead atoms. The van der Waals surface area contributed by atoms with E-state index in [1.54, 1.807) is 0 Å². The summed E-state index contributed by atoms with van der Waals surface area (Å²) in [5.74, 6) is -1.01. The molecular weight excluding hydrogens is 234 g/mol. The molecule has 1 aromatic carbocycles. The van der Waals surface area contributed by atoms with E-state index in [0.717, 1.165) is 12.8 Å². The van der Waals surface area contributed by atoms with Crippen molar-refractivity contribution in [3.63, 3.8) is 0 Å². The van der Waals surface area contributed by atoms with Crippen molar-refractivity contribution in [1.82, 2.24) is 4.90 Å². The molecule has 0 radical (unpaired) electrons. The van der Waals surface area contributed by atoms with Crippen LogP contribution in [0.25, 0.3) is 0 Å². The maximum Gasteiger partial charge on any atom is 0.130 e. The van der Waals surface area contributed by atoms with E-state index in [1.807, 2.05) is 11.9 Å². The molecule has 2 nitrogen and oxygen atoms in total. The second-order valence-corrected chi connectivity index (χ2v) is 4.99. The van der Waals surface area contributed by atoms with Gasteiger partial charge in [-0.25, -0.2) is 8.78 Å². The van der Waals surface area contributed by atoms with Crippen LogP contribution in [0.1, 0.15) is 37.3 Å². The Bertz CT molecular complexity index is 383. The fourth-order valence-corrected chi connectivity index (χ4v) is 2.88. The molecule has 0 amide bonds. The number of nitrogens with zero attached hydrogens (tertiary/aromatic N) is 1. The Kier molecular flexibility index (Phi) is 4.30. The van der Waals surface area contributed by atoms with Crippen LogP contribution in [0.5, 0.6) is 0 Å². The molecule has 1 unspecified atom stereocenters. The van der Waals surface area contributed by atoms with E-state index in [2.05, 4.69) is 0 Å². The van der Waals surface area contributed by atoms with Gasteiger partial charge in [-0.2, -0.15) is 0 Å². The SMILES string of the molecule is CN(C1CCCC1)C(CN)c1c(F)cccc1F. The first-order valence-corrected chi connectivity index (χ1v) is 6.51. The van der Waals surface area contributed by atoms with Gasteiger partial charge in [0.2, 0.25) is 0 Å². The highest BCUT2D eigenvalue weighted by Crippen LogP contribution is 2.31. The number of hydrogen-bond donors (Lipinski definition) is 1. The Morgan fingerprint density at radius 2 is 1.83 bits per heavy atom. The minimum atomic E-state index is -0.504. The predicted octanol–water partition coefficient (Wildman–Crippen LogP) is 2.84. The first-order chi connectivity index (χ1) is 8.65. The minimum absolute atomic E-state index is 0.106. The van der Waals surface area contributed by atoms with Crippen molar-refractivity contribution < 1.29 is 8.78 Å². The third kappa shape index (κ3) is 2.54. The van der Waals surface area contributed by atoms with Gasteiger partial charge in [0.15, 0.2) is 0 Å². The van der Waals surface area contributed by atoms with Crippen molar-refractivity contribution >= 4 is 0 Å². The number of halogens is 2. The molecule has 4 heteroatoms. The number of hydrogen-bond acceptors (Lipinski definition) is 2. The van der Waals surface area contributed by atoms with Crippen LogP contribution in [0.2, 0.25) is 0 Å². The zero-order valence-corrected chi connectivity index (χ0v) is 10.7. The van der Waals surface area contributed by atoms with Crippen LogP contribution < -0.4 is 5.73 Å². The maximum atomic E-state index is 13.8. The summed E-state index contributed by atoms with van der Waals surface area (Å²) in [6.07, 6.45) is 4.55. The van der Waals surface area contributed by atoms with Gasteiger partial charge >= 0.3 is 0 Å². The van der Waals surface area contributed by atoms with Crippen molar-refractivity contribution in [2.24, 2.45) is 5.73 Å². The normalized spacial score (nSPS) is 18.5. The van der Waals surface area contributed by atoms with Crippen LogP contribution in [0.4, 0.5) is 8.78 Å². The summed E-state index contributed by atoms with van der Waals surface area (Å²) < 4.78 is 27.6. The average molecular weight is 254 g/mol. The second kappa shape index (κ2) is 5.76. The molecule has 0 heterocycles. The van der Waals surface area contributed by atoms with Gasteiger partial charge in [-0.1, -0.05) is 18.9 Å². The van der Waals surface area contributed by atoms with E-state index < -0.39 is 11.6 Å². The molecule has 18 heavy (non-hydrogen) atoms. The standard InChI is InChI=1S/C14H20F2N2/c1-18(10-5-2-3-6-10)13(9-17)14-11(15)7-4-8-12(14)16/h4,7-8,10,13H,2-3,5-6,9,17H2,1H3. The molecule has 1 fully saturated rings. The predicted molar refractivity (Wildman–Crippen MR) is 68.2 cm³/mol. The molecule has 0 aliphatic heterocycles. The quantitative estimate of drug-likeness (QED) is 0.895. The highest BCUT2D eigenvalue weighted by atomic mass is 19.1. The van der Waals surface area contributed by atoms with Gasteiger partial charge in [-0.05, 0) is 32.0 Å². The van der Waals surface area contributed by atoms with Gasteiger partial charge < -0.3 is 5.73 Å². The molecule has 2 rings (SSSR count). The summed E-state index contributed by atoms with van der Waals surface area (Å²) in [4.78, 5) is 2.04. The topological polar surface area (TPSA) is 29.3 Å². The lowest BCUT2D eigenvalue weighted by Gasteiger charge is -2.32. The van der Waals surface area contributed by atoms with Crippen molar-refractivity contribution in [2.45, 2.75) is 37.8 Å². The van der Waals surface area contributed by atoms with Crippen molar-refractivity contribution in [1.29, 1.82) is 0 Å². The summed E-state index contributed by atoms with van der Waals surface area (Å²) >= 11 is 0. The van der Waals surface area contributed by atoms with Crippen molar-refractivity contribution in [3.05, 3.63) is 35.4 Å². The molecule has 1 aliphatic rings. The monoisotopic (exact) mass is 254 g/mol. The third-order valence-electron chi connectivity index (χ3n) is 3.95. The Balaban J connectivity index is 2.27. The number of benzene rings is 1. The largest absolute Gasteiger partial charge is 0.329 e. The summed E-state index contributed by atoms with van der Waals surface area (Å²) in [5.41, 5.74) is 5.84. The molecule has 1 saturated carbocycles. The van der Waals surface area contributed by atoms with Gasteiger partial charge in [0.25, 0.3) is 0 Å². The fourth-order valence-electron chi connectivity index (χ4n) is 2.88. The van der Waals surface area contributed by atoms with E-state index in [-0.39, 0.29) is 18.2 Å². The minimum Gasteiger partial charge on any atom is -0.329 e. The summed E-state index contributed by atoms with van der Waals surface area (Å²) in [7, 11) is 1.92. The lowest BCUT2D eigenvalue weighted by molar-refractivity contribution is 0.172. The van der Waals surface area contributed by atoms with Crippen LogP contribution in [0, 0.1) is 11.6 Å². The lowest BCUT2D eigenvalue weighted by Crippen LogP contribution is -2.38. The molecule has 2 N–H and O–H groups in total. The average Bonchev–Trinajstić information content (AvgIpc) is 2.87. The van der Waals surface area contributed by atoms with Gasteiger partial charge in [-0.3, -0.25) is 4.90 Å².